The molecule has 1 amide bonds. The van der Waals surface area contributed by atoms with Gasteiger partial charge in [0, 0.05) is 22.9 Å². The molecular formula is C19H21NO4. The summed E-state index contributed by atoms with van der Waals surface area (Å²) in [7, 11) is 0. The number of amides is 1. The van der Waals surface area contributed by atoms with Crippen LogP contribution in [0.15, 0.2) is 36.4 Å². The zero-order valence-corrected chi connectivity index (χ0v) is 13.5. The highest BCUT2D eigenvalue weighted by molar-refractivity contribution is 6.04. The van der Waals surface area contributed by atoms with Crippen molar-refractivity contribution in [2.24, 2.45) is 5.92 Å². The molecule has 0 unspecified atom stereocenters. The molecule has 2 N–H and O–H groups in total. The van der Waals surface area contributed by atoms with Crippen LogP contribution in [0.4, 0.5) is 5.69 Å². The van der Waals surface area contributed by atoms with E-state index in [1.54, 1.807) is 12.1 Å². The van der Waals surface area contributed by atoms with E-state index in [1.807, 2.05) is 24.3 Å². The molecule has 2 aromatic rings. The van der Waals surface area contributed by atoms with E-state index in [9.17, 15) is 9.59 Å². The van der Waals surface area contributed by atoms with Crippen LogP contribution in [0.2, 0.25) is 0 Å². The van der Waals surface area contributed by atoms with Crippen molar-refractivity contribution in [1.29, 1.82) is 0 Å². The summed E-state index contributed by atoms with van der Waals surface area (Å²) >= 11 is 0. The summed E-state index contributed by atoms with van der Waals surface area (Å²) in [4.78, 5) is 22.9. The van der Waals surface area contributed by atoms with Gasteiger partial charge in [0.2, 0.25) is 5.91 Å². The number of aliphatic carboxylic acids is 1. The van der Waals surface area contributed by atoms with Crippen LogP contribution in [-0.2, 0) is 9.59 Å². The van der Waals surface area contributed by atoms with Crippen molar-refractivity contribution in [3.05, 3.63) is 36.4 Å². The second-order valence-corrected chi connectivity index (χ2v) is 6.22. The summed E-state index contributed by atoms with van der Waals surface area (Å²) < 4.78 is 5.33. The molecule has 0 heterocycles. The van der Waals surface area contributed by atoms with Crippen LogP contribution in [0, 0.1) is 5.92 Å². The van der Waals surface area contributed by atoms with Gasteiger partial charge >= 0.3 is 5.97 Å². The van der Waals surface area contributed by atoms with Crippen molar-refractivity contribution in [2.75, 3.05) is 11.9 Å². The molecule has 5 nitrogen and oxygen atoms in total. The second-order valence-electron chi connectivity index (χ2n) is 6.22. The zero-order chi connectivity index (χ0) is 16.9. The van der Waals surface area contributed by atoms with Crippen LogP contribution in [0.25, 0.3) is 10.8 Å². The lowest BCUT2D eigenvalue weighted by molar-refractivity contribution is -0.139. The molecule has 0 radical (unpaired) electrons. The minimum atomic E-state index is -1.02. The molecule has 1 aliphatic rings. The fourth-order valence-electron chi connectivity index (χ4n) is 2.98. The third-order valence-corrected chi connectivity index (χ3v) is 4.51. The Hall–Kier alpha value is -2.56. The lowest BCUT2D eigenvalue weighted by Gasteiger charge is -2.24. The highest BCUT2D eigenvalue weighted by atomic mass is 16.5. The molecule has 0 spiro atoms. The second kappa shape index (κ2) is 7.34. The Balaban J connectivity index is 1.74. The number of hydrogen-bond acceptors (Lipinski definition) is 3. The van der Waals surface area contributed by atoms with Crippen LogP contribution in [-0.4, -0.2) is 23.6 Å². The van der Waals surface area contributed by atoms with Gasteiger partial charge in [-0.15, -0.1) is 0 Å². The van der Waals surface area contributed by atoms with Crippen LogP contribution in [0.1, 0.15) is 32.1 Å². The number of benzene rings is 2. The van der Waals surface area contributed by atoms with Crippen molar-refractivity contribution in [2.45, 2.75) is 32.1 Å². The molecule has 1 fully saturated rings. The van der Waals surface area contributed by atoms with Gasteiger partial charge in [-0.3, -0.25) is 4.79 Å². The molecule has 2 aromatic carbocycles. The number of fused-ring (bicyclic) bond motifs is 1. The van der Waals surface area contributed by atoms with E-state index in [0.717, 1.165) is 22.9 Å². The van der Waals surface area contributed by atoms with E-state index >= 15 is 0 Å². The zero-order valence-electron chi connectivity index (χ0n) is 13.5. The van der Waals surface area contributed by atoms with Crippen molar-refractivity contribution in [3.63, 3.8) is 0 Å². The average molecular weight is 327 g/mol. The Morgan fingerprint density at radius 1 is 1.12 bits per heavy atom. The Morgan fingerprint density at radius 2 is 1.88 bits per heavy atom. The third-order valence-electron chi connectivity index (χ3n) is 4.51. The predicted molar refractivity (Wildman–Crippen MR) is 92.3 cm³/mol. The van der Waals surface area contributed by atoms with Gasteiger partial charge in [0.15, 0.2) is 6.61 Å². The van der Waals surface area contributed by atoms with Gasteiger partial charge in [-0.1, -0.05) is 43.5 Å². The summed E-state index contributed by atoms with van der Waals surface area (Å²) in [5.41, 5.74) is 0.729. The van der Waals surface area contributed by atoms with Crippen LogP contribution in [0.5, 0.6) is 5.75 Å². The number of nitrogens with one attached hydrogen (secondary N) is 1. The summed E-state index contributed by atoms with van der Waals surface area (Å²) in [5.74, 6) is 0.207. The van der Waals surface area contributed by atoms with E-state index in [2.05, 4.69) is 5.32 Å². The Bertz CT molecular complexity index is 752. The largest absolute Gasteiger partial charge is 0.481 e. The van der Waals surface area contributed by atoms with Crippen molar-refractivity contribution >= 4 is 28.3 Å². The number of anilines is 1. The number of carboxylic acid groups (broad SMARTS) is 1. The Kier molecular flexibility index (Phi) is 4.99. The Labute approximate surface area is 140 Å². The van der Waals surface area contributed by atoms with Gasteiger partial charge in [-0.05, 0) is 24.5 Å². The molecule has 0 bridgehead atoms. The fourth-order valence-corrected chi connectivity index (χ4v) is 2.98. The number of hydrogen-bond donors (Lipinski definition) is 2. The molecule has 3 rings (SSSR count). The predicted octanol–water partition coefficient (Wildman–Crippen LogP) is 3.82. The first-order chi connectivity index (χ1) is 11.6. The number of ether oxygens (including phenoxy) is 1. The molecule has 0 aromatic heterocycles. The van der Waals surface area contributed by atoms with Crippen LogP contribution >= 0.6 is 0 Å². The summed E-state index contributed by atoms with van der Waals surface area (Å²) in [6.07, 6.45) is 5.26. The molecule has 126 valence electrons. The van der Waals surface area contributed by atoms with Gasteiger partial charge in [0.05, 0.1) is 0 Å². The Morgan fingerprint density at radius 3 is 2.54 bits per heavy atom. The molecule has 1 saturated carbocycles. The van der Waals surface area contributed by atoms with E-state index in [-0.39, 0.29) is 5.91 Å². The molecule has 5 heteroatoms. The average Bonchev–Trinajstić information content (AvgIpc) is 2.52. The molecule has 1 aliphatic carbocycles. The maximum Gasteiger partial charge on any atom is 0.341 e. The third kappa shape index (κ3) is 3.85. The summed E-state index contributed by atoms with van der Waals surface area (Å²) in [6, 6.07) is 11.0. The van der Waals surface area contributed by atoms with Gasteiger partial charge in [-0.25, -0.2) is 4.79 Å². The number of rotatable bonds is 7. The van der Waals surface area contributed by atoms with E-state index in [0.29, 0.717) is 18.1 Å². The molecule has 24 heavy (non-hydrogen) atoms. The first kappa shape index (κ1) is 16.3. The SMILES string of the molecule is O=C(O)COc1ccc(NC(=O)CCC2CCC2)c2ccccc12. The maximum atomic E-state index is 12.2. The standard InChI is InChI=1S/C19H21NO4/c21-18(11-8-13-4-3-5-13)20-16-9-10-17(24-12-19(22)23)15-7-2-1-6-14(15)16/h1-2,6-7,9-10,13H,3-5,8,11-12H2,(H,20,21)(H,22,23). The number of carbonyl (C=O) groups is 2. The molecule has 0 saturated heterocycles. The van der Waals surface area contributed by atoms with Crippen molar-refractivity contribution in [1.82, 2.24) is 0 Å². The monoisotopic (exact) mass is 327 g/mol. The maximum absolute atomic E-state index is 12.2. The van der Waals surface area contributed by atoms with Crippen LogP contribution < -0.4 is 10.1 Å². The molecule has 0 atom stereocenters. The highest BCUT2D eigenvalue weighted by Gasteiger charge is 2.18. The van der Waals surface area contributed by atoms with Gasteiger partial charge in [0.1, 0.15) is 5.75 Å². The fraction of sp³-hybridized carbons (Fsp3) is 0.368. The van der Waals surface area contributed by atoms with E-state index < -0.39 is 12.6 Å². The molecular weight excluding hydrogens is 306 g/mol. The van der Waals surface area contributed by atoms with Gasteiger partial charge < -0.3 is 15.2 Å². The topological polar surface area (TPSA) is 75.6 Å². The minimum Gasteiger partial charge on any atom is -0.481 e. The lowest BCUT2D eigenvalue weighted by Crippen LogP contribution is -2.17. The van der Waals surface area contributed by atoms with Crippen LogP contribution in [0.3, 0.4) is 0 Å². The highest BCUT2D eigenvalue weighted by Crippen LogP contribution is 2.33. The number of carbonyl (C=O) groups excluding carboxylic acids is 1. The first-order valence-corrected chi connectivity index (χ1v) is 8.29. The quantitative estimate of drug-likeness (QED) is 0.810. The first-order valence-electron chi connectivity index (χ1n) is 8.29. The summed E-state index contributed by atoms with van der Waals surface area (Å²) in [5, 5.41) is 13.4. The lowest BCUT2D eigenvalue weighted by atomic mass is 9.82. The summed E-state index contributed by atoms with van der Waals surface area (Å²) in [6.45, 7) is -0.392. The number of carboxylic acids is 1. The minimum absolute atomic E-state index is 0.0197. The van der Waals surface area contributed by atoms with E-state index in [4.69, 9.17) is 9.84 Å². The van der Waals surface area contributed by atoms with Gasteiger partial charge in [-0.2, -0.15) is 0 Å². The van der Waals surface area contributed by atoms with Gasteiger partial charge in [0.25, 0.3) is 0 Å². The smallest absolute Gasteiger partial charge is 0.341 e. The van der Waals surface area contributed by atoms with E-state index in [1.165, 1.54) is 19.3 Å². The molecule has 0 aliphatic heterocycles. The normalized spacial score (nSPS) is 14.2. The van der Waals surface area contributed by atoms with Crippen molar-refractivity contribution in [3.8, 4) is 5.75 Å². The van der Waals surface area contributed by atoms with Crippen molar-refractivity contribution < 1.29 is 19.4 Å².